The number of fused-ring (bicyclic) bond motifs is 4. The van der Waals surface area contributed by atoms with Crippen LogP contribution in [0.4, 0.5) is 0 Å². The van der Waals surface area contributed by atoms with Gasteiger partial charge in [-0.25, -0.2) is 4.98 Å². The molecule has 1 unspecified atom stereocenters. The normalized spacial score (nSPS) is 17.0. The van der Waals surface area contributed by atoms with Gasteiger partial charge in [0, 0.05) is 41.0 Å². The minimum absolute atomic E-state index is 0.607. The van der Waals surface area contributed by atoms with E-state index in [4.69, 9.17) is 4.98 Å². The van der Waals surface area contributed by atoms with Gasteiger partial charge in [0.25, 0.3) is 0 Å². The highest BCUT2D eigenvalue weighted by atomic mass is 15.1. The molecule has 1 aliphatic rings. The highest BCUT2D eigenvalue weighted by molar-refractivity contribution is 6.12. The molecule has 0 radical (unpaired) electrons. The number of para-hydroxylation sites is 4. The van der Waals surface area contributed by atoms with Crippen molar-refractivity contribution in [3.8, 4) is 11.4 Å². The molecule has 1 aliphatic heterocycles. The quantitative estimate of drug-likeness (QED) is 0.357. The van der Waals surface area contributed by atoms with Gasteiger partial charge in [0.1, 0.15) is 5.82 Å². The Balaban J connectivity index is 1.55. The first kappa shape index (κ1) is 19.6. The van der Waals surface area contributed by atoms with Gasteiger partial charge >= 0.3 is 0 Å². The zero-order valence-corrected chi connectivity index (χ0v) is 18.7. The van der Waals surface area contributed by atoms with Crippen LogP contribution in [0.2, 0.25) is 0 Å². The predicted molar refractivity (Wildman–Crippen MR) is 134 cm³/mol. The van der Waals surface area contributed by atoms with E-state index in [2.05, 4.69) is 88.1 Å². The summed E-state index contributed by atoms with van der Waals surface area (Å²) < 4.78 is 4.91. The summed E-state index contributed by atoms with van der Waals surface area (Å²) in [4.78, 5) is 5.17. The minimum atomic E-state index is 0.607. The Labute approximate surface area is 188 Å². The molecule has 3 aromatic carbocycles. The van der Waals surface area contributed by atoms with Crippen LogP contribution < -0.4 is 5.32 Å². The highest BCUT2D eigenvalue weighted by Gasteiger charge is 2.20. The second-order valence-electron chi connectivity index (χ2n) is 8.97. The molecule has 1 atom stereocenters. The molecule has 162 valence electrons. The third kappa shape index (κ3) is 3.13. The number of aryl methyl sites for hydroxylation is 2. The van der Waals surface area contributed by atoms with Crippen molar-refractivity contribution in [2.75, 3.05) is 6.54 Å². The molecule has 0 amide bonds. The zero-order valence-electron chi connectivity index (χ0n) is 18.7. The van der Waals surface area contributed by atoms with Crippen LogP contribution in [0.5, 0.6) is 0 Å². The van der Waals surface area contributed by atoms with E-state index < -0.39 is 0 Å². The number of aromatic nitrogens is 3. The Kier molecular flexibility index (Phi) is 4.95. The van der Waals surface area contributed by atoms with Crippen LogP contribution in [-0.4, -0.2) is 26.7 Å². The van der Waals surface area contributed by atoms with Crippen LogP contribution >= 0.6 is 0 Å². The number of imidazole rings is 1. The predicted octanol–water partition coefficient (Wildman–Crippen LogP) is 6.36. The van der Waals surface area contributed by atoms with Crippen molar-refractivity contribution in [2.45, 2.75) is 51.7 Å². The summed E-state index contributed by atoms with van der Waals surface area (Å²) in [6.45, 7) is 5.31. The molecule has 1 fully saturated rings. The summed E-state index contributed by atoms with van der Waals surface area (Å²) in [7, 11) is 0. The summed E-state index contributed by atoms with van der Waals surface area (Å²) in [6, 6.07) is 24.6. The number of rotatable bonds is 5. The van der Waals surface area contributed by atoms with Crippen molar-refractivity contribution >= 4 is 32.8 Å². The van der Waals surface area contributed by atoms with E-state index in [1.807, 2.05) is 0 Å². The standard InChI is InChI=1S/C28H30N4/c1-2-31-25-15-5-3-11-21(25)22-12-9-13-23(27(22)31)28-30-24-14-4-6-16-26(24)32(28)19-17-20-10-7-8-18-29-20/h3-6,9,11-16,20,29H,2,7-8,10,17-19H2,1H3. The molecule has 4 heteroatoms. The van der Waals surface area contributed by atoms with Gasteiger partial charge in [-0.2, -0.15) is 0 Å². The monoisotopic (exact) mass is 422 g/mol. The molecule has 32 heavy (non-hydrogen) atoms. The molecular formula is C28H30N4. The topological polar surface area (TPSA) is 34.8 Å². The van der Waals surface area contributed by atoms with Crippen molar-refractivity contribution in [3.63, 3.8) is 0 Å². The van der Waals surface area contributed by atoms with Crippen LogP contribution in [0.1, 0.15) is 32.6 Å². The van der Waals surface area contributed by atoms with E-state index in [0.717, 1.165) is 37.4 Å². The van der Waals surface area contributed by atoms with Crippen molar-refractivity contribution in [2.24, 2.45) is 0 Å². The number of nitrogens with zero attached hydrogens (tertiary/aromatic N) is 3. The summed E-state index contributed by atoms with van der Waals surface area (Å²) in [5.41, 5.74) is 6.13. The smallest absolute Gasteiger partial charge is 0.143 e. The fourth-order valence-corrected chi connectivity index (χ4v) is 5.58. The average Bonchev–Trinajstić information content (AvgIpc) is 3.39. The number of nitrogens with one attached hydrogen (secondary N) is 1. The van der Waals surface area contributed by atoms with Crippen LogP contribution in [0, 0.1) is 0 Å². The summed E-state index contributed by atoms with van der Waals surface area (Å²) in [5, 5.41) is 6.35. The molecule has 4 nitrogen and oxygen atoms in total. The number of hydrogen-bond donors (Lipinski definition) is 1. The Hall–Kier alpha value is -3.11. The molecular weight excluding hydrogens is 392 g/mol. The van der Waals surface area contributed by atoms with Gasteiger partial charge in [-0.3, -0.25) is 0 Å². The number of benzene rings is 3. The maximum absolute atomic E-state index is 5.17. The van der Waals surface area contributed by atoms with Crippen LogP contribution in [0.15, 0.2) is 66.7 Å². The largest absolute Gasteiger partial charge is 0.340 e. The third-order valence-corrected chi connectivity index (χ3v) is 7.12. The van der Waals surface area contributed by atoms with Crippen molar-refractivity contribution < 1.29 is 0 Å². The molecule has 2 aromatic heterocycles. The Bertz CT molecular complexity index is 1400. The first-order valence-corrected chi connectivity index (χ1v) is 12.0. The molecule has 3 heterocycles. The molecule has 6 rings (SSSR count). The van der Waals surface area contributed by atoms with Crippen LogP contribution in [0.25, 0.3) is 44.2 Å². The second kappa shape index (κ2) is 8.10. The van der Waals surface area contributed by atoms with Gasteiger partial charge in [-0.15, -0.1) is 0 Å². The molecule has 0 bridgehead atoms. The van der Waals surface area contributed by atoms with Gasteiger partial charge in [-0.1, -0.05) is 48.9 Å². The van der Waals surface area contributed by atoms with Gasteiger partial charge in [0.15, 0.2) is 0 Å². The van der Waals surface area contributed by atoms with E-state index in [9.17, 15) is 0 Å². The third-order valence-electron chi connectivity index (χ3n) is 7.12. The minimum Gasteiger partial charge on any atom is -0.340 e. The Morgan fingerprint density at radius 1 is 0.875 bits per heavy atom. The van der Waals surface area contributed by atoms with Gasteiger partial charge in [-0.05, 0) is 57.0 Å². The Morgan fingerprint density at radius 3 is 2.53 bits per heavy atom. The molecule has 0 saturated carbocycles. The molecule has 1 saturated heterocycles. The summed E-state index contributed by atoms with van der Waals surface area (Å²) in [5.74, 6) is 1.09. The summed E-state index contributed by atoms with van der Waals surface area (Å²) >= 11 is 0. The Morgan fingerprint density at radius 2 is 1.69 bits per heavy atom. The lowest BCUT2D eigenvalue weighted by molar-refractivity contribution is 0.368. The fraction of sp³-hybridized carbons (Fsp3) is 0.321. The van der Waals surface area contributed by atoms with E-state index in [0.29, 0.717) is 6.04 Å². The highest BCUT2D eigenvalue weighted by Crippen LogP contribution is 2.37. The molecule has 1 N–H and O–H groups in total. The van der Waals surface area contributed by atoms with Gasteiger partial charge in [0.05, 0.1) is 16.6 Å². The van der Waals surface area contributed by atoms with E-state index >= 15 is 0 Å². The second-order valence-corrected chi connectivity index (χ2v) is 8.97. The van der Waals surface area contributed by atoms with Gasteiger partial charge < -0.3 is 14.5 Å². The van der Waals surface area contributed by atoms with E-state index in [1.165, 1.54) is 52.1 Å². The lowest BCUT2D eigenvalue weighted by Crippen LogP contribution is -2.34. The van der Waals surface area contributed by atoms with Gasteiger partial charge in [0.2, 0.25) is 0 Å². The molecule has 0 aliphatic carbocycles. The van der Waals surface area contributed by atoms with E-state index in [-0.39, 0.29) is 0 Å². The number of piperidine rings is 1. The maximum atomic E-state index is 5.17. The zero-order chi connectivity index (χ0) is 21.5. The lowest BCUT2D eigenvalue weighted by Gasteiger charge is -2.24. The van der Waals surface area contributed by atoms with Crippen molar-refractivity contribution in [3.05, 3.63) is 66.7 Å². The number of hydrogen-bond acceptors (Lipinski definition) is 2. The van der Waals surface area contributed by atoms with Crippen LogP contribution in [-0.2, 0) is 13.1 Å². The first-order chi connectivity index (χ1) is 15.8. The van der Waals surface area contributed by atoms with E-state index in [1.54, 1.807) is 0 Å². The summed E-state index contributed by atoms with van der Waals surface area (Å²) in [6.07, 6.45) is 5.06. The fourth-order valence-electron chi connectivity index (χ4n) is 5.58. The maximum Gasteiger partial charge on any atom is 0.143 e. The van der Waals surface area contributed by atoms with Crippen molar-refractivity contribution in [1.29, 1.82) is 0 Å². The van der Waals surface area contributed by atoms with Crippen LogP contribution in [0.3, 0.4) is 0 Å². The molecule has 0 spiro atoms. The lowest BCUT2D eigenvalue weighted by atomic mass is 10.0. The molecule has 5 aromatic rings. The van der Waals surface area contributed by atoms with Crippen molar-refractivity contribution in [1.82, 2.24) is 19.4 Å². The average molecular weight is 423 g/mol. The SMILES string of the molecule is CCn1c2ccccc2c2cccc(-c3nc4ccccc4n3CCC3CCCCN3)c21. The first-order valence-electron chi connectivity index (χ1n) is 12.0.